The van der Waals surface area contributed by atoms with Crippen LogP contribution in [0.1, 0.15) is 36.8 Å². The Balaban J connectivity index is 2.44. The molecule has 2 aromatic carbocycles. The second kappa shape index (κ2) is 5.60. The zero-order chi connectivity index (χ0) is 17.5. The van der Waals surface area contributed by atoms with Gasteiger partial charge in [-0.05, 0) is 35.2 Å². The molecular weight excluding hydrogens is 304 g/mol. The highest BCUT2D eigenvalue weighted by atomic mass is 16.4. The molecule has 0 spiro atoms. The topological polar surface area (TPSA) is 72.2 Å². The fourth-order valence-corrected chi connectivity index (χ4v) is 2.60. The molecule has 24 heavy (non-hydrogen) atoms. The van der Waals surface area contributed by atoms with Crippen molar-refractivity contribution in [2.45, 2.75) is 26.2 Å². The van der Waals surface area contributed by atoms with Crippen molar-refractivity contribution in [3.63, 3.8) is 0 Å². The number of carbonyl (C=O) groups is 1. The van der Waals surface area contributed by atoms with Gasteiger partial charge in [0.25, 0.3) is 0 Å². The number of hydrogen-bond acceptors (Lipinski definition) is 3. The van der Waals surface area contributed by atoms with Crippen LogP contribution in [0.4, 0.5) is 0 Å². The highest BCUT2D eigenvalue weighted by Crippen LogP contribution is 2.26. The van der Waals surface area contributed by atoms with Crippen LogP contribution in [-0.4, -0.2) is 20.9 Å². The van der Waals surface area contributed by atoms with Gasteiger partial charge in [-0.1, -0.05) is 45.0 Å². The van der Waals surface area contributed by atoms with Crippen molar-refractivity contribution >= 4 is 16.9 Å². The van der Waals surface area contributed by atoms with Crippen LogP contribution in [0.5, 0.6) is 0 Å². The minimum atomic E-state index is -1.33. The lowest BCUT2D eigenvalue weighted by atomic mass is 9.86. The number of aromatic nitrogens is 2. The van der Waals surface area contributed by atoms with E-state index in [0.29, 0.717) is 16.6 Å². The molecule has 0 aliphatic rings. The SMILES string of the molecule is CC(C)(C)c1ccc2c(=O)c(C(=O)O)nn(-c3ccccc3)c2c1. The molecule has 0 radical (unpaired) electrons. The first kappa shape index (κ1) is 15.9. The third-order valence-corrected chi connectivity index (χ3v) is 3.95. The maximum atomic E-state index is 12.5. The Labute approximate surface area is 139 Å². The molecule has 3 rings (SSSR count). The molecule has 0 bridgehead atoms. The van der Waals surface area contributed by atoms with E-state index in [-0.39, 0.29) is 5.41 Å². The number of para-hydroxylation sites is 1. The Morgan fingerprint density at radius 1 is 1.08 bits per heavy atom. The van der Waals surface area contributed by atoms with Crippen LogP contribution in [0, 0.1) is 0 Å². The number of fused-ring (bicyclic) bond motifs is 1. The van der Waals surface area contributed by atoms with E-state index in [0.717, 1.165) is 5.56 Å². The zero-order valence-electron chi connectivity index (χ0n) is 13.8. The fraction of sp³-hybridized carbons (Fsp3) is 0.211. The molecule has 0 amide bonds. The predicted molar refractivity (Wildman–Crippen MR) is 93.0 cm³/mol. The molecule has 5 heteroatoms. The Bertz CT molecular complexity index is 983. The van der Waals surface area contributed by atoms with Crippen molar-refractivity contribution in [3.05, 3.63) is 70.0 Å². The van der Waals surface area contributed by atoms with Gasteiger partial charge in [0.15, 0.2) is 0 Å². The molecule has 0 saturated heterocycles. The normalized spacial score (nSPS) is 11.6. The van der Waals surface area contributed by atoms with Crippen LogP contribution in [0.25, 0.3) is 16.6 Å². The third-order valence-electron chi connectivity index (χ3n) is 3.95. The highest BCUT2D eigenvalue weighted by Gasteiger charge is 2.20. The number of aromatic carboxylic acids is 1. The fourth-order valence-electron chi connectivity index (χ4n) is 2.60. The van der Waals surface area contributed by atoms with E-state index in [1.165, 1.54) is 4.68 Å². The van der Waals surface area contributed by atoms with Crippen molar-refractivity contribution in [3.8, 4) is 5.69 Å². The predicted octanol–water partition coefficient (Wildman–Crippen LogP) is 3.38. The van der Waals surface area contributed by atoms with E-state index in [9.17, 15) is 14.7 Å². The van der Waals surface area contributed by atoms with Gasteiger partial charge in [0.1, 0.15) is 0 Å². The summed E-state index contributed by atoms with van der Waals surface area (Å²) >= 11 is 0. The number of carboxylic acid groups (broad SMARTS) is 1. The van der Waals surface area contributed by atoms with E-state index >= 15 is 0 Å². The Hall–Kier alpha value is -2.95. The summed E-state index contributed by atoms with van der Waals surface area (Å²) < 4.78 is 1.52. The highest BCUT2D eigenvalue weighted by molar-refractivity contribution is 5.91. The van der Waals surface area contributed by atoms with Gasteiger partial charge in [0.2, 0.25) is 11.1 Å². The monoisotopic (exact) mass is 322 g/mol. The van der Waals surface area contributed by atoms with E-state index in [1.54, 1.807) is 6.07 Å². The van der Waals surface area contributed by atoms with Crippen LogP contribution >= 0.6 is 0 Å². The van der Waals surface area contributed by atoms with Gasteiger partial charge >= 0.3 is 5.97 Å². The van der Waals surface area contributed by atoms with Crippen molar-refractivity contribution in [1.82, 2.24) is 9.78 Å². The first-order chi connectivity index (χ1) is 11.3. The minimum Gasteiger partial charge on any atom is -0.476 e. The molecule has 0 unspecified atom stereocenters. The van der Waals surface area contributed by atoms with Crippen molar-refractivity contribution in [2.75, 3.05) is 0 Å². The summed E-state index contributed by atoms with van der Waals surface area (Å²) in [5.74, 6) is -1.33. The van der Waals surface area contributed by atoms with Crippen molar-refractivity contribution < 1.29 is 9.90 Å². The first-order valence-corrected chi connectivity index (χ1v) is 7.65. The van der Waals surface area contributed by atoms with Crippen LogP contribution in [0.15, 0.2) is 53.3 Å². The Morgan fingerprint density at radius 2 is 1.75 bits per heavy atom. The molecule has 0 aliphatic carbocycles. The summed E-state index contributed by atoms with van der Waals surface area (Å²) in [6.07, 6.45) is 0. The molecule has 0 atom stereocenters. The molecule has 1 N–H and O–H groups in total. The summed E-state index contributed by atoms with van der Waals surface area (Å²) in [5.41, 5.74) is 1.21. The van der Waals surface area contributed by atoms with E-state index < -0.39 is 17.1 Å². The summed E-state index contributed by atoms with van der Waals surface area (Å²) in [6, 6.07) is 14.7. The summed E-state index contributed by atoms with van der Waals surface area (Å²) in [6.45, 7) is 6.24. The summed E-state index contributed by atoms with van der Waals surface area (Å²) in [4.78, 5) is 23.9. The van der Waals surface area contributed by atoms with Gasteiger partial charge in [-0.15, -0.1) is 0 Å². The van der Waals surface area contributed by atoms with Crippen LogP contribution in [0.2, 0.25) is 0 Å². The van der Waals surface area contributed by atoms with Gasteiger partial charge in [-0.2, -0.15) is 5.10 Å². The average Bonchev–Trinajstić information content (AvgIpc) is 2.54. The second-order valence-electron chi connectivity index (χ2n) is 6.71. The average molecular weight is 322 g/mol. The molecule has 5 nitrogen and oxygen atoms in total. The largest absolute Gasteiger partial charge is 0.476 e. The van der Waals surface area contributed by atoms with Crippen LogP contribution in [0.3, 0.4) is 0 Å². The summed E-state index contributed by atoms with van der Waals surface area (Å²) in [7, 11) is 0. The summed E-state index contributed by atoms with van der Waals surface area (Å²) in [5, 5.41) is 13.7. The number of nitrogens with zero attached hydrogens (tertiary/aromatic N) is 2. The molecule has 3 aromatic rings. The Kier molecular flexibility index (Phi) is 3.72. The van der Waals surface area contributed by atoms with Gasteiger partial charge in [0, 0.05) is 0 Å². The van der Waals surface area contributed by atoms with Gasteiger partial charge in [-0.25, -0.2) is 9.48 Å². The van der Waals surface area contributed by atoms with E-state index in [1.807, 2.05) is 42.5 Å². The minimum absolute atomic E-state index is 0.1000. The standard InChI is InChI=1S/C19H18N2O3/c1-19(2,3)12-9-10-14-15(11-12)21(13-7-5-4-6-8-13)20-16(17(14)22)18(23)24/h4-11H,1-3H3,(H,23,24). The number of hydrogen-bond donors (Lipinski definition) is 1. The quantitative estimate of drug-likeness (QED) is 0.785. The lowest BCUT2D eigenvalue weighted by molar-refractivity contribution is 0.0687. The van der Waals surface area contributed by atoms with Crippen LogP contribution in [-0.2, 0) is 5.41 Å². The molecule has 1 heterocycles. The molecule has 0 fully saturated rings. The van der Waals surface area contributed by atoms with Gasteiger partial charge < -0.3 is 5.11 Å². The smallest absolute Gasteiger partial charge is 0.360 e. The number of rotatable bonds is 2. The first-order valence-electron chi connectivity index (χ1n) is 7.65. The lowest BCUT2D eigenvalue weighted by Gasteiger charge is -2.20. The third kappa shape index (κ3) is 2.69. The van der Waals surface area contributed by atoms with Crippen molar-refractivity contribution in [2.24, 2.45) is 0 Å². The molecule has 122 valence electrons. The Morgan fingerprint density at radius 3 is 2.33 bits per heavy atom. The zero-order valence-corrected chi connectivity index (χ0v) is 13.8. The number of benzene rings is 2. The number of carboxylic acids is 1. The molecule has 0 saturated carbocycles. The lowest BCUT2D eigenvalue weighted by Crippen LogP contribution is -2.23. The van der Waals surface area contributed by atoms with Crippen LogP contribution < -0.4 is 5.43 Å². The maximum Gasteiger partial charge on any atom is 0.360 e. The molecule has 0 aliphatic heterocycles. The van der Waals surface area contributed by atoms with Gasteiger partial charge in [-0.3, -0.25) is 4.79 Å². The van der Waals surface area contributed by atoms with E-state index in [2.05, 4.69) is 25.9 Å². The molecular formula is C19H18N2O3. The molecule has 1 aromatic heterocycles. The van der Waals surface area contributed by atoms with Gasteiger partial charge in [0.05, 0.1) is 16.6 Å². The van der Waals surface area contributed by atoms with E-state index in [4.69, 9.17) is 0 Å². The second-order valence-corrected chi connectivity index (χ2v) is 6.71. The maximum absolute atomic E-state index is 12.5. The van der Waals surface area contributed by atoms with Crippen molar-refractivity contribution in [1.29, 1.82) is 0 Å².